The number of amides is 1. The zero-order chi connectivity index (χ0) is 25.7. The number of methoxy groups -OCH3 is 1. The largest absolute Gasteiger partial charge is 0.488 e. The molecule has 1 aliphatic rings. The lowest BCUT2D eigenvalue weighted by Crippen LogP contribution is -2.35. The molecule has 0 N–H and O–H groups in total. The van der Waals surface area contributed by atoms with Crippen molar-refractivity contribution in [1.82, 2.24) is 4.90 Å². The summed E-state index contributed by atoms with van der Waals surface area (Å²) in [6.07, 6.45) is 1.62. The van der Waals surface area contributed by atoms with Crippen molar-refractivity contribution in [3.8, 4) is 11.8 Å². The zero-order valence-corrected chi connectivity index (χ0v) is 20.8. The molecule has 0 aliphatic carbocycles. The number of rotatable bonds is 7. The number of halogens is 1. The molecule has 3 aromatic carbocycles. The Labute approximate surface area is 218 Å². The fourth-order valence-corrected chi connectivity index (χ4v) is 4.11. The number of carbonyl (C=O) groups is 2. The normalized spacial score (nSPS) is 14.2. The molecule has 36 heavy (non-hydrogen) atoms. The average molecular weight is 518 g/mol. The summed E-state index contributed by atoms with van der Waals surface area (Å²) in [7, 11) is 1.27. The van der Waals surface area contributed by atoms with E-state index in [1.165, 1.54) is 16.9 Å². The van der Waals surface area contributed by atoms with Gasteiger partial charge in [-0.25, -0.2) is 0 Å². The highest BCUT2D eigenvalue weighted by atomic mass is 35.5. The fourth-order valence-electron chi connectivity index (χ4n) is 3.63. The molecule has 180 valence electrons. The lowest BCUT2D eigenvalue weighted by Gasteiger charge is -2.19. The summed E-state index contributed by atoms with van der Waals surface area (Å²) in [6, 6.07) is 23.1. The van der Waals surface area contributed by atoms with E-state index in [-0.39, 0.29) is 24.0 Å². The maximum atomic E-state index is 13.5. The van der Waals surface area contributed by atoms with E-state index in [1.807, 2.05) is 18.2 Å². The van der Waals surface area contributed by atoms with Crippen LogP contribution in [0.3, 0.4) is 0 Å². The van der Waals surface area contributed by atoms with Crippen LogP contribution in [0.5, 0.6) is 5.75 Å². The first-order chi connectivity index (χ1) is 17.4. The summed E-state index contributed by atoms with van der Waals surface area (Å²) in [5.74, 6) is -0.457. The van der Waals surface area contributed by atoms with Crippen molar-refractivity contribution in [3.63, 3.8) is 0 Å². The van der Waals surface area contributed by atoms with Crippen LogP contribution < -0.4 is 9.64 Å². The lowest BCUT2D eigenvalue weighted by molar-refractivity contribution is -0.140. The van der Waals surface area contributed by atoms with Gasteiger partial charge in [-0.2, -0.15) is 5.26 Å². The number of anilines is 1. The second kappa shape index (κ2) is 11.0. The number of carbonyl (C=O) groups excluding carboxylic acids is 2. The summed E-state index contributed by atoms with van der Waals surface area (Å²) in [5, 5.41) is 10.0. The van der Waals surface area contributed by atoms with E-state index >= 15 is 0 Å². The van der Waals surface area contributed by atoms with Gasteiger partial charge in [-0.15, -0.1) is 0 Å². The van der Waals surface area contributed by atoms with Crippen molar-refractivity contribution in [2.24, 2.45) is 0 Å². The first kappa shape index (κ1) is 24.9. The van der Waals surface area contributed by atoms with Crippen LogP contribution in [0.15, 0.2) is 78.5 Å². The van der Waals surface area contributed by atoms with Crippen LogP contribution in [0.1, 0.15) is 16.7 Å². The quantitative estimate of drug-likeness (QED) is 0.249. The first-order valence-electron chi connectivity index (χ1n) is 10.8. The molecule has 9 heteroatoms. The second-order valence-corrected chi connectivity index (χ2v) is 8.49. The molecular formula is C27H20ClN3O4S. The van der Waals surface area contributed by atoms with E-state index in [1.54, 1.807) is 60.7 Å². The molecule has 1 heterocycles. The summed E-state index contributed by atoms with van der Waals surface area (Å²) < 4.78 is 10.8. The maximum Gasteiger partial charge on any atom is 0.325 e. The van der Waals surface area contributed by atoms with Gasteiger partial charge in [0.1, 0.15) is 24.6 Å². The predicted octanol–water partition coefficient (Wildman–Crippen LogP) is 4.94. The van der Waals surface area contributed by atoms with Crippen LogP contribution in [0.25, 0.3) is 6.08 Å². The van der Waals surface area contributed by atoms with Crippen LogP contribution in [-0.2, 0) is 20.9 Å². The van der Waals surface area contributed by atoms with Gasteiger partial charge in [-0.05, 0) is 54.7 Å². The molecule has 0 atom stereocenters. The van der Waals surface area contributed by atoms with Crippen LogP contribution >= 0.6 is 23.8 Å². The van der Waals surface area contributed by atoms with Gasteiger partial charge in [-0.1, -0.05) is 48.0 Å². The van der Waals surface area contributed by atoms with E-state index in [2.05, 4.69) is 6.07 Å². The third-order valence-corrected chi connectivity index (χ3v) is 6.12. The number of para-hydroxylation sites is 1. The molecule has 0 aromatic heterocycles. The molecule has 0 unspecified atom stereocenters. The Balaban J connectivity index is 1.70. The smallest absolute Gasteiger partial charge is 0.325 e. The molecule has 1 saturated heterocycles. The number of benzene rings is 3. The Morgan fingerprint density at radius 2 is 1.78 bits per heavy atom. The molecule has 1 fully saturated rings. The van der Waals surface area contributed by atoms with Gasteiger partial charge in [0.15, 0.2) is 5.11 Å². The highest BCUT2D eigenvalue weighted by Gasteiger charge is 2.40. The van der Waals surface area contributed by atoms with E-state index < -0.39 is 11.9 Å². The number of thiocarbonyl (C=S) groups is 1. The van der Waals surface area contributed by atoms with Crippen LogP contribution in [-0.4, -0.2) is 35.5 Å². The molecule has 0 radical (unpaired) electrons. The van der Waals surface area contributed by atoms with Crippen molar-refractivity contribution in [2.45, 2.75) is 6.61 Å². The summed E-state index contributed by atoms with van der Waals surface area (Å²) in [5.41, 5.74) is 2.57. The van der Waals surface area contributed by atoms with Gasteiger partial charge in [0.05, 0.1) is 24.4 Å². The zero-order valence-electron chi connectivity index (χ0n) is 19.2. The number of ether oxygens (including phenoxy) is 2. The van der Waals surface area contributed by atoms with Gasteiger partial charge >= 0.3 is 5.97 Å². The van der Waals surface area contributed by atoms with Crippen molar-refractivity contribution in [2.75, 3.05) is 18.6 Å². The van der Waals surface area contributed by atoms with E-state index in [9.17, 15) is 14.9 Å². The highest BCUT2D eigenvalue weighted by molar-refractivity contribution is 7.80. The van der Waals surface area contributed by atoms with E-state index in [4.69, 9.17) is 33.3 Å². The summed E-state index contributed by atoms with van der Waals surface area (Å²) in [4.78, 5) is 28.4. The van der Waals surface area contributed by atoms with Crippen molar-refractivity contribution in [1.29, 1.82) is 5.26 Å². The average Bonchev–Trinajstić information content (AvgIpc) is 3.12. The van der Waals surface area contributed by atoms with Gasteiger partial charge in [0.25, 0.3) is 5.91 Å². The molecule has 3 aromatic rings. The molecule has 0 bridgehead atoms. The minimum atomic E-state index is -0.549. The molecule has 4 rings (SSSR count). The number of hydrogen-bond donors (Lipinski definition) is 0. The summed E-state index contributed by atoms with van der Waals surface area (Å²) in [6.45, 7) is -0.0748. The number of hydrogen-bond acceptors (Lipinski definition) is 6. The number of nitrogens with zero attached hydrogens (tertiary/aromatic N) is 3. The van der Waals surface area contributed by atoms with Gasteiger partial charge in [0, 0.05) is 16.1 Å². The molecule has 1 aliphatic heterocycles. The minimum Gasteiger partial charge on any atom is -0.488 e. The van der Waals surface area contributed by atoms with Crippen LogP contribution in [0, 0.1) is 11.3 Å². The van der Waals surface area contributed by atoms with Crippen molar-refractivity contribution < 1.29 is 19.1 Å². The van der Waals surface area contributed by atoms with Crippen molar-refractivity contribution >= 4 is 52.6 Å². The van der Waals surface area contributed by atoms with Crippen LogP contribution in [0.4, 0.5) is 5.69 Å². The van der Waals surface area contributed by atoms with Gasteiger partial charge < -0.3 is 14.4 Å². The molecule has 1 amide bonds. The Bertz CT molecular complexity index is 1400. The second-order valence-electron chi connectivity index (χ2n) is 7.69. The Morgan fingerprint density at radius 3 is 2.50 bits per heavy atom. The van der Waals surface area contributed by atoms with Gasteiger partial charge in [0.2, 0.25) is 0 Å². The van der Waals surface area contributed by atoms with Crippen LogP contribution in [0.2, 0.25) is 5.02 Å². The monoisotopic (exact) mass is 517 g/mol. The predicted molar refractivity (Wildman–Crippen MR) is 140 cm³/mol. The number of esters is 1. The molecule has 7 nitrogen and oxygen atoms in total. The molecule has 0 spiro atoms. The van der Waals surface area contributed by atoms with Crippen molar-refractivity contribution in [3.05, 3.63) is 100 Å². The SMILES string of the molecule is COC(=O)CN1C(=S)N(c2ccc(Cl)cc2)C(=O)C1=Cc1ccccc1OCc1ccccc1C#N. The topological polar surface area (TPSA) is 82.9 Å². The van der Waals surface area contributed by atoms with E-state index in [0.29, 0.717) is 27.6 Å². The lowest BCUT2D eigenvalue weighted by atomic mass is 10.1. The Hall–Kier alpha value is -4.19. The van der Waals surface area contributed by atoms with E-state index in [0.717, 1.165) is 5.56 Å². The van der Waals surface area contributed by atoms with Gasteiger partial charge in [-0.3, -0.25) is 14.5 Å². The molecule has 0 saturated carbocycles. The maximum absolute atomic E-state index is 13.5. The third kappa shape index (κ3) is 5.23. The Morgan fingerprint density at radius 1 is 1.08 bits per heavy atom. The Kier molecular flexibility index (Phi) is 7.64. The highest BCUT2D eigenvalue weighted by Crippen LogP contribution is 2.32. The minimum absolute atomic E-state index is 0.139. The molecular weight excluding hydrogens is 498 g/mol. The number of nitriles is 1. The third-order valence-electron chi connectivity index (χ3n) is 5.47. The standard InChI is InChI=1S/C27H20ClN3O4S/c1-34-25(32)16-30-23(26(33)31(27(30)36)22-12-10-21(28)11-13-22)14-18-6-4-5-9-24(18)35-17-20-8-3-2-7-19(20)15-29/h2-14H,16-17H2,1H3. The fraction of sp³-hybridized carbons (Fsp3) is 0.111. The first-order valence-corrected chi connectivity index (χ1v) is 11.6. The summed E-state index contributed by atoms with van der Waals surface area (Å²) >= 11 is 11.6.